The molecule has 1 saturated heterocycles. The zero-order valence-corrected chi connectivity index (χ0v) is 16.3. The standard InChI is InChI=1S/C19H28N2O5S/c22-18(23)13-6-1-2-8-14-20-19(24)17-12-7-9-15-21(17)27(25,26)16-10-4-3-5-11-16/h3-5,10-11,17H,1-2,6-9,12-15H2,(H,20,24)(H,22,23). The second-order valence-electron chi connectivity index (χ2n) is 6.79. The van der Waals surface area contributed by atoms with Crippen molar-refractivity contribution in [2.45, 2.75) is 62.3 Å². The molecule has 1 aromatic carbocycles. The number of amides is 1. The van der Waals surface area contributed by atoms with Gasteiger partial charge >= 0.3 is 5.97 Å². The minimum Gasteiger partial charge on any atom is -0.481 e. The molecule has 1 fully saturated rings. The number of hydrogen-bond donors (Lipinski definition) is 2. The first-order chi connectivity index (χ1) is 12.9. The number of unbranched alkanes of at least 4 members (excludes halogenated alkanes) is 3. The Bertz CT molecular complexity index is 721. The Hall–Kier alpha value is -1.93. The van der Waals surface area contributed by atoms with Crippen molar-refractivity contribution in [2.24, 2.45) is 0 Å². The molecule has 1 amide bonds. The lowest BCUT2D eigenvalue weighted by Gasteiger charge is -2.33. The van der Waals surface area contributed by atoms with Crippen LogP contribution in [0.4, 0.5) is 0 Å². The largest absolute Gasteiger partial charge is 0.481 e. The second-order valence-corrected chi connectivity index (χ2v) is 8.68. The van der Waals surface area contributed by atoms with Gasteiger partial charge in [0, 0.05) is 19.5 Å². The summed E-state index contributed by atoms with van der Waals surface area (Å²) in [5.41, 5.74) is 0. The van der Waals surface area contributed by atoms with Gasteiger partial charge in [-0.2, -0.15) is 4.31 Å². The molecule has 0 radical (unpaired) electrons. The quantitative estimate of drug-likeness (QED) is 0.591. The number of carbonyl (C=O) groups excluding carboxylic acids is 1. The van der Waals surface area contributed by atoms with E-state index in [1.165, 1.54) is 4.31 Å². The SMILES string of the molecule is O=C(O)CCCCCCNC(=O)C1CCCCN1S(=O)(=O)c1ccccc1. The molecule has 0 aliphatic carbocycles. The van der Waals surface area contributed by atoms with Crippen molar-refractivity contribution in [1.82, 2.24) is 9.62 Å². The van der Waals surface area contributed by atoms with Crippen molar-refractivity contribution >= 4 is 21.9 Å². The van der Waals surface area contributed by atoms with Gasteiger partial charge in [-0.15, -0.1) is 0 Å². The summed E-state index contributed by atoms with van der Waals surface area (Å²) < 4.78 is 27.1. The van der Waals surface area contributed by atoms with E-state index < -0.39 is 22.0 Å². The maximum atomic E-state index is 12.9. The fourth-order valence-corrected chi connectivity index (χ4v) is 4.94. The van der Waals surface area contributed by atoms with Crippen molar-refractivity contribution in [3.8, 4) is 0 Å². The second kappa shape index (κ2) is 10.4. The number of benzene rings is 1. The van der Waals surface area contributed by atoms with Crippen LogP contribution in [-0.4, -0.2) is 48.8 Å². The number of aliphatic carboxylic acids is 1. The van der Waals surface area contributed by atoms with Crippen molar-refractivity contribution < 1.29 is 23.1 Å². The highest BCUT2D eigenvalue weighted by Gasteiger charge is 2.37. The Morgan fingerprint density at radius 3 is 2.48 bits per heavy atom. The number of carboxylic acids is 1. The molecule has 27 heavy (non-hydrogen) atoms. The summed E-state index contributed by atoms with van der Waals surface area (Å²) in [7, 11) is -3.69. The molecule has 1 aromatic rings. The molecule has 150 valence electrons. The normalized spacial score (nSPS) is 18.1. The van der Waals surface area contributed by atoms with Crippen molar-refractivity contribution in [3.05, 3.63) is 30.3 Å². The Balaban J connectivity index is 1.87. The maximum absolute atomic E-state index is 12.9. The molecular formula is C19H28N2O5S. The molecule has 7 nitrogen and oxygen atoms in total. The van der Waals surface area contributed by atoms with Gasteiger partial charge in [-0.25, -0.2) is 8.42 Å². The Morgan fingerprint density at radius 1 is 1.07 bits per heavy atom. The molecule has 0 bridgehead atoms. The number of hydrogen-bond acceptors (Lipinski definition) is 4. The summed E-state index contributed by atoms with van der Waals surface area (Å²) >= 11 is 0. The lowest BCUT2D eigenvalue weighted by Crippen LogP contribution is -2.51. The van der Waals surface area contributed by atoms with Crippen LogP contribution in [0.2, 0.25) is 0 Å². The molecule has 1 unspecified atom stereocenters. The zero-order chi connectivity index (χ0) is 19.7. The molecule has 0 saturated carbocycles. The van der Waals surface area contributed by atoms with Gasteiger partial charge in [0.1, 0.15) is 6.04 Å². The molecule has 1 aliphatic heterocycles. The maximum Gasteiger partial charge on any atom is 0.303 e. The van der Waals surface area contributed by atoms with Gasteiger partial charge in [-0.1, -0.05) is 37.5 Å². The number of nitrogens with zero attached hydrogens (tertiary/aromatic N) is 1. The number of rotatable bonds is 10. The van der Waals surface area contributed by atoms with Crippen LogP contribution in [0.3, 0.4) is 0 Å². The van der Waals surface area contributed by atoms with E-state index in [1.807, 2.05) is 0 Å². The van der Waals surface area contributed by atoms with Crippen molar-refractivity contribution in [1.29, 1.82) is 0 Å². The predicted molar refractivity (Wildman–Crippen MR) is 102 cm³/mol. The molecule has 2 N–H and O–H groups in total. The van der Waals surface area contributed by atoms with Crippen LogP contribution < -0.4 is 5.32 Å². The fraction of sp³-hybridized carbons (Fsp3) is 0.579. The third-order valence-electron chi connectivity index (χ3n) is 4.72. The monoisotopic (exact) mass is 396 g/mol. The van der Waals surface area contributed by atoms with Crippen LogP contribution in [0.1, 0.15) is 51.4 Å². The summed E-state index contributed by atoms with van der Waals surface area (Å²) in [5, 5.41) is 11.4. The molecule has 1 heterocycles. The number of carbonyl (C=O) groups is 2. The summed E-state index contributed by atoms with van der Waals surface area (Å²) in [4.78, 5) is 23.2. The molecule has 1 atom stereocenters. The summed E-state index contributed by atoms with van der Waals surface area (Å²) in [5.74, 6) is -1.04. The van der Waals surface area contributed by atoms with Gasteiger partial charge in [0.25, 0.3) is 0 Å². The fourth-order valence-electron chi connectivity index (χ4n) is 3.27. The van der Waals surface area contributed by atoms with Gasteiger partial charge in [0.2, 0.25) is 15.9 Å². The van der Waals surface area contributed by atoms with Crippen LogP contribution in [0, 0.1) is 0 Å². The minimum absolute atomic E-state index is 0.167. The first-order valence-corrected chi connectivity index (χ1v) is 10.9. The highest BCUT2D eigenvalue weighted by molar-refractivity contribution is 7.89. The van der Waals surface area contributed by atoms with E-state index in [0.29, 0.717) is 25.9 Å². The van der Waals surface area contributed by atoms with E-state index in [2.05, 4.69) is 5.32 Å². The topological polar surface area (TPSA) is 104 Å². The highest BCUT2D eigenvalue weighted by atomic mass is 32.2. The summed E-state index contributed by atoms with van der Waals surface area (Å²) in [6, 6.07) is 7.55. The van der Waals surface area contributed by atoms with Gasteiger partial charge in [-0.05, 0) is 37.8 Å². The smallest absolute Gasteiger partial charge is 0.303 e. The molecule has 0 aromatic heterocycles. The van der Waals surface area contributed by atoms with E-state index in [4.69, 9.17) is 5.11 Å². The lowest BCUT2D eigenvalue weighted by atomic mass is 10.0. The average Bonchev–Trinajstić information content (AvgIpc) is 2.67. The van der Waals surface area contributed by atoms with E-state index in [9.17, 15) is 18.0 Å². The van der Waals surface area contributed by atoms with Crippen LogP contribution in [0.15, 0.2) is 35.2 Å². The minimum atomic E-state index is -3.69. The van der Waals surface area contributed by atoms with Crippen LogP contribution in [-0.2, 0) is 19.6 Å². The molecule has 8 heteroatoms. The Morgan fingerprint density at radius 2 is 1.78 bits per heavy atom. The predicted octanol–water partition coefficient (Wildman–Crippen LogP) is 2.38. The van der Waals surface area contributed by atoms with Gasteiger partial charge in [-0.3, -0.25) is 9.59 Å². The first-order valence-electron chi connectivity index (χ1n) is 9.49. The summed E-state index contributed by atoms with van der Waals surface area (Å²) in [6.07, 6.45) is 5.30. The number of carboxylic acid groups (broad SMARTS) is 1. The average molecular weight is 397 g/mol. The number of nitrogens with one attached hydrogen (secondary N) is 1. The van der Waals surface area contributed by atoms with Crippen LogP contribution in [0.5, 0.6) is 0 Å². The Labute approximate surface area is 160 Å². The van der Waals surface area contributed by atoms with Gasteiger partial charge in [0.05, 0.1) is 4.90 Å². The van der Waals surface area contributed by atoms with Gasteiger partial charge in [0.15, 0.2) is 0 Å². The van der Waals surface area contributed by atoms with Crippen LogP contribution >= 0.6 is 0 Å². The molecule has 1 aliphatic rings. The third-order valence-corrected chi connectivity index (χ3v) is 6.65. The first kappa shape index (κ1) is 21.4. The van der Waals surface area contributed by atoms with E-state index in [0.717, 1.165) is 32.1 Å². The summed E-state index contributed by atoms with van der Waals surface area (Å²) in [6.45, 7) is 0.826. The molecule has 0 spiro atoms. The lowest BCUT2D eigenvalue weighted by molar-refractivity contribution is -0.137. The zero-order valence-electron chi connectivity index (χ0n) is 15.5. The van der Waals surface area contributed by atoms with E-state index in [1.54, 1.807) is 30.3 Å². The highest BCUT2D eigenvalue weighted by Crippen LogP contribution is 2.25. The third kappa shape index (κ3) is 6.32. The molecule has 2 rings (SSSR count). The van der Waals surface area contributed by atoms with Crippen LogP contribution in [0.25, 0.3) is 0 Å². The number of sulfonamides is 1. The number of piperidine rings is 1. The van der Waals surface area contributed by atoms with Crippen molar-refractivity contribution in [3.63, 3.8) is 0 Å². The van der Waals surface area contributed by atoms with E-state index >= 15 is 0 Å². The Kier molecular flexibility index (Phi) is 8.24. The van der Waals surface area contributed by atoms with E-state index in [-0.39, 0.29) is 17.2 Å². The van der Waals surface area contributed by atoms with Crippen molar-refractivity contribution in [2.75, 3.05) is 13.1 Å². The molecular weight excluding hydrogens is 368 g/mol. The van der Waals surface area contributed by atoms with Gasteiger partial charge < -0.3 is 10.4 Å².